The average molecular weight is 380 g/mol. The molecule has 1 aromatic carbocycles. The highest BCUT2D eigenvalue weighted by molar-refractivity contribution is 7.92. The van der Waals surface area contributed by atoms with Crippen molar-refractivity contribution in [2.75, 3.05) is 36.8 Å². The van der Waals surface area contributed by atoms with Crippen LogP contribution in [-0.2, 0) is 26.0 Å². The van der Waals surface area contributed by atoms with Gasteiger partial charge in [0.05, 0.1) is 17.5 Å². The number of rotatable bonds is 4. The van der Waals surface area contributed by atoms with Crippen LogP contribution in [0.1, 0.15) is 35.7 Å². The third-order valence-electron chi connectivity index (χ3n) is 4.90. The molecule has 0 aliphatic carbocycles. The summed E-state index contributed by atoms with van der Waals surface area (Å²) in [6.45, 7) is 3.63. The molecule has 0 spiro atoms. The summed E-state index contributed by atoms with van der Waals surface area (Å²) in [4.78, 5) is 26.2. The molecule has 0 radical (unpaired) electrons. The van der Waals surface area contributed by atoms with Gasteiger partial charge in [-0.2, -0.15) is 0 Å². The monoisotopic (exact) mass is 380 g/mol. The quantitative estimate of drug-likeness (QED) is 0.738. The molecule has 1 amide bonds. The third kappa shape index (κ3) is 4.00. The Morgan fingerprint density at radius 3 is 2.73 bits per heavy atom. The molecule has 2 heterocycles. The molecule has 0 aromatic heterocycles. The van der Waals surface area contributed by atoms with Gasteiger partial charge in [-0.25, -0.2) is 13.2 Å². The van der Waals surface area contributed by atoms with Crippen LogP contribution in [-0.4, -0.2) is 57.7 Å². The maximum absolute atomic E-state index is 12.2. The van der Waals surface area contributed by atoms with Gasteiger partial charge in [0.25, 0.3) is 5.91 Å². The Morgan fingerprint density at radius 1 is 1.27 bits per heavy atom. The van der Waals surface area contributed by atoms with Crippen molar-refractivity contribution < 1.29 is 22.7 Å². The van der Waals surface area contributed by atoms with Crippen molar-refractivity contribution in [2.24, 2.45) is 5.92 Å². The molecular formula is C18H24N2O5S. The zero-order valence-corrected chi connectivity index (χ0v) is 15.9. The van der Waals surface area contributed by atoms with E-state index >= 15 is 0 Å². The smallest absolute Gasteiger partial charge is 0.338 e. The Hall–Kier alpha value is -2.09. The molecule has 2 aliphatic heterocycles. The third-order valence-corrected chi connectivity index (χ3v) is 6.08. The van der Waals surface area contributed by atoms with Crippen molar-refractivity contribution in [3.05, 3.63) is 29.3 Å². The Balaban J connectivity index is 1.62. The van der Waals surface area contributed by atoms with Crippen LogP contribution < -0.4 is 4.31 Å². The lowest BCUT2D eigenvalue weighted by atomic mass is 10.0. The molecule has 0 N–H and O–H groups in total. The number of fused-ring (bicyclic) bond motifs is 1. The second kappa shape index (κ2) is 7.26. The molecule has 1 saturated heterocycles. The number of piperidine rings is 1. The highest BCUT2D eigenvalue weighted by Gasteiger charge is 2.27. The second-order valence-corrected chi connectivity index (χ2v) is 9.00. The van der Waals surface area contributed by atoms with Gasteiger partial charge in [0.2, 0.25) is 10.0 Å². The number of hydrogen-bond acceptors (Lipinski definition) is 5. The maximum atomic E-state index is 12.2. The minimum Gasteiger partial charge on any atom is -0.452 e. The van der Waals surface area contributed by atoms with Gasteiger partial charge in [0, 0.05) is 19.6 Å². The van der Waals surface area contributed by atoms with Gasteiger partial charge in [-0.1, -0.05) is 6.92 Å². The molecule has 142 valence electrons. The summed E-state index contributed by atoms with van der Waals surface area (Å²) in [6, 6.07) is 4.81. The lowest BCUT2D eigenvalue weighted by Gasteiger charge is -2.30. The number of esters is 1. The summed E-state index contributed by atoms with van der Waals surface area (Å²) < 4.78 is 30.0. The van der Waals surface area contributed by atoms with E-state index in [4.69, 9.17) is 4.74 Å². The molecule has 26 heavy (non-hydrogen) atoms. The zero-order valence-electron chi connectivity index (χ0n) is 15.1. The lowest BCUT2D eigenvalue weighted by molar-refractivity contribution is -0.136. The standard InChI is InChI=1S/C18H24N2O5S/c1-13-4-3-8-19(11-13)17(21)12-25-18(22)15-5-6-16-14(10-15)7-9-20(16)26(2,23)24/h5-6,10,13H,3-4,7-9,11-12H2,1-2H3/t13-/m1/s1. The van der Waals surface area contributed by atoms with Crippen molar-refractivity contribution in [2.45, 2.75) is 26.2 Å². The number of hydrogen-bond donors (Lipinski definition) is 0. The Labute approximate surface area is 154 Å². The van der Waals surface area contributed by atoms with E-state index in [0.29, 0.717) is 43.2 Å². The van der Waals surface area contributed by atoms with Gasteiger partial charge in [-0.05, 0) is 48.9 Å². The molecule has 8 heteroatoms. The van der Waals surface area contributed by atoms with E-state index in [1.54, 1.807) is 17.0 Å². The van der Waals surface area contributed by atoms with Gasteiger partial charge in [0.1, 0.15) is 0 Å². The number of benzene rings is 1. The predicted octanol–water partition coefficient (Wildman–Crippen LogP) is 1.42. The first-order valence-corrected chi connectivity index (χ1v) is 10.7. The van der Waals surface area contributed by atoms with Gasteiger partial charge in [0.15, 0.2) is 6.61 Å². The largest absolute Gasteiger partial charge is 0.452 e. The van der Waals surface area contributed by atoms with E-state index in [9.17, 15) is 18.0 Å². The summed E-state index contributed by atoms with van der Waals surface area (Å²) in [5.41, 5.74) is 1.72. The van der Waals surface area contributed by atoms with Gasteiger partial charge >= 0.3 is 5.97 Å². The number of likely N-dealkylation sites (tertiary alicyclic amines) is 1. The van der Waals surface area contributed by atoms with Crippen LogP contribution in [0.4, 0.5) is 5.69 Å². The van der Waals surface area contributed by atoms with Crippen molar-refractivity contribution in [3.8, 4) is 0 Å². The Bertz CT molecular complexity index is 821. The predicted molar refractivity (Wildman–Crippen MR) is 97.6 cm³/mol. The molecular weight excluding hydrogens is 356 g/mol. The van der Waals surface area contributed by atoms with Crippen molar-refractivity contribution >= 4 is 27.6 Å². The van der Waals surface area contributed by atoms with Crippen LogP contribution in [0.2, 0.25) is 0 Å². The zero-order chi connectivity index (χ0) is 18.9. The minimum atomic E-state index is -3.32. The molecule has 0 bridgehead atoms. The molecule has 7 nitrogen and oxygen atoms in total. The van der Waals surface area contributed by atoms with E-state index in [2.05, 4.69) is 6.92 Å². The summed E-state index contributed by atoms with van der Waals surface area (Å²) in [5, 5.41) is 0. The Kier molecular flexibility index (Phi) is 5.22. The van der Waals surface area contributed by atoms with Crippen LogP contribution in [0.25, 0.3) is 0 Å². The van der Waals surface area contributed by atoms with Gasteiger partial charge in [-0.15, -0.1) is 0 Å². The van der Waals surface area contributed by atoms with Crippen molar-refractivity contribution in [1.82, 2.24) is 4.90 Å². The fourth-order valence-corrected chi connectivity index (χ4v) is 4.52. The maximum Gasteiger partial charge on any atom is 0.338 e. The summed E-state index contributed by atoms with van der Waals surface area (Å²) in [7, 11) is -3.32. The van der Waals surface area contributed by atoms with Crippen LogP contribution in [0.15, 0.2) is 18.2 Å². The van der Waals surface area contributed by atoms with E-state index < -0.39 is 16.0 Å². The highest BCUT2D eigenvalue weighted by atomic mass is 32.2. The first-order valence-electron chi connectivity index (χ1n) is 8.81. The number of ether oxygens (including phenoxy) is 1. The fourth-order valence-electron chi connectivity index (χ4n) is 3.56. The van der Waals surface area contributed by atoms with E-state index in [1.807, 2.05) is 0 Å². The van der Waals surface area contributed by atoms with Gasteiger partial charge < -0.3 is 9.64 Å². The van der Waals surface area contributed by atoms with E-state index in [1.165, 1.54) is 10.4 Å². The Morgan fingerprint density at radius 2 is 2.04 bits per heavy atom. The molecule has 3 rings (SSSR count). The summed E-state index contributed by atoms with van der Waals surface area (Å²) in [6.07, 6.45) is 3.80. The number of sulfonamides is 1. The number of anilines is 1. The van der Waals surface area contributed by atoms with Crippen LogP contribution in [0, 0.1) is 5.92 Å². The lowest BCUT2D eigenvalue weighted by Crippen LogP contribution is -2.41. The number of nitrogens with zero attached hydrogens (tertiary/aromatic N) is 2. The number of carbonyl (C=O) groups is 2. The van der Waals surface area contributed by atoms with Crippen LogP contribution in [0.5, 0.6) is 0 Å². The summed E-state index contributed by atoms with van der Waals surface area (Å²) >= 11 is 0. The molecule has 1 fully saturated rings. The second-order valence-electron chi connectivity index (χ2n) is 7.09. The molecule has 2 aliphatic rings. The normalized spacial score (nSPS) is 20.0. The van der Waals surface area contributed by atoms with E-state index in [0.717, 1.165) is 24.7 Å². The van der Waals surface area contributed by atoms with Crippen molar-refractivity contribution in [1.29, 1.82) is 0 Å². The first kappa shape index (κ1) is 18.7. The average Bonchev–Trinajstić information content (AvgIpc) is 3.02. The van der Waals surface area contributed by atoms with E-state index in [-0.39, 0.29) is 12.5 Å². The fraction of sp³-hybridized carbons (Fsp3) is 0.556. The minimum absolute atomic E-state index is 0.172. The number of carbonyl (C=O) groups excluding carboxylic acids is 2. The topological polar surface area (TPSA) is 84.0 Å². The van der Waals surface area contributed by atoms with Crippen LogP contribution in [0.3, 0.4) is 0 Å². The molecule has 0 unspecified atom stereocenters. The van der Waals surface area contributed by atoms with Crippen LogP contribution >= 0.6 is 0 Å². The summed E-state index contributed by atoms with van der Waals surface area (Å²) in [5.74, 6) is -0.267. The van der Waals surface area contributed by atoms with Crippen molar-refractivity contribution in [3.63, 3.8) is 0 Å². The molecule has 0 saturated carbocycles. The molecule has 1 atom stereocenters. The first-order chi connectivity index (χ1) is 12.3. The number of amides is 1. The SMILES string of the molecule is C[C@@H]1CCCN(C(=O)COC(=O)c2ccc3c(c2)CCN3S(C)(=O)=O)C1. The van der Waals surface area contributed by atoms with Gasteiger partial charge in [-0.3, -0.25) is 9.10 Å². The molecule has 1 aromatic rings. The highest BCUT2D eigenvalue weighted by Crippen LogP contribution is 2.30.